The Hall–Kier alpha value is -2.94. The van der Waals surface area contributed by atoms with Gasteiger partial charge in [0.25, 0.3) is 0 Å². The number of carbonyl (C=O) groups is 3. The number of piperazine rings is 1. The summed E-state index contributed by atoms with van der Waals surface area (Å²) in [6.07, 6.45) is 0.790. The minimum absolute atomic E-state index is 0.0795. The van der Waals surface area contributed by atoms with Crippen LogP contribution >= 0.6 is 0 Å². The van der Waals surface area contributed by atoms with Crippen LogP contribution in [0.1, 0.15) is 24.5 Å². The Balaban J connectivity index is 1.50. The van der Waals surface area contributed by atoms with Gasteiger partial charge in [-0.2, -0.15) is 5.10 Å². The monoisotopic (exact) mass is 384 g/mol. The number of aryl methyl sites for hydroxylation is 1. The number of piperidine rings is 1. The van der Waals surface area contributed by atoms with Crippen LogP contribution in [0.4, 0.5) is 5.69 Å². The number of nitrogens with zero attached hydrogens (tertiary/aromatic N) is 3. The molecule has 1 aromatic heterocycles. The van der Waals surface area contributed by atoms with Gasteiger partial charge in [0.15, 0.2) is 0 Å². The van der Waals surface area contributed by atoms with Gasteiger partial charge in [-0.1, -0.05) is 0 Å². The Labute approximate surface area is 162 Å². The van der Waals surface area contributed by atoms with E-state index in [9.17, 15) is 14.4 Å². The number of fused-ring (bicyclic) bond motifs is 1. The van der Waals surface area contributed by atoms with Crippen molar-refractivity contribution in [2.45, 2.75) is 18.8 Å². The van der Waals surface area contributed by atoms with Crippen LogP contribution in [0.15, 0.2) is 18.2 Å². The van der Waals surface area contributed by atoms with Crippen LogP contribution in [0.5, 0.6) is 0 Å². The number of aromatic nitrogens is 2. The molecule has 0 radical (unpaired) electrons. The zero-order valence-corrected chi connectivity index (χ0v) is 15.8. The van der Waals surface area contributed by atoms with Gasteiger partial charge in [0.2, 0.25) is 17.7 Å². The lowest BCUT2D eigenvalue weighted by Crippen LogP contribution is -2.48. The summed E-state index contributed by atoms with van der Waals surface area (Å²) in [6, 6.07) is 5.74. The second-order valence-corrected chi connectivity index (χ2v) is 7.23. The molecule has 148 valence electrons. The van der Waals surface area contributed by atoms with Crippen molar-refractivity contribution in [1.82, 2.24) is 25.3 Å². The van der Waals surface area contributed by atoms with Crippen LogP contribution < -0.4 is 16.0 Å². The Bertz CT molecular complexity index is 931. The van der Waals surface area contributed by atoms with Crippen LogP contribution in [0.25, 0.3) is 10.9 Å². The van der Waals surface area contributed by atoms with E-state index in [1.165, 1.54) is 0 Å². The molecule has 2 aliphatic heterocycles. The van der Waals surface area contributed by atoms with Gasteiger partial charge < -0.3 is 15.5 Å². The lowest BCUT2D eigenvalue weighted by atomic mass is 9.93. The average Bonchev–Trinajstić information content (AvgIpc) is 3.03. The Kier molecular flexibility index (Phi) is 4.99. The van der Waals surface area contributed by atoms with Gasteiger partial charge in [-0.25, -0.2) is 0 Å². The second-order valence-electron chi connectivity index (χ2n) is 7.23. The molecule has 1 aromatic carbocycles. The third kappa shape index (κ3) is 3.57. The van der Waals surface area contributed by atoms with Crippen molar-refractivity contribution in [2.24, 2.45) is 7.05 Å². The fourth-order valence-corrected chi connectivity index (χ4v) is 3.81. The quantitative estimate of drug-likeness (QED) is 0.637. The molecule has 28 heavy (non-hydrogen) atoms. The first kappa shape index (κ1) is 18.4. The zero-order chi connectivity index (χ0) is 19.7. The van der Waals surface area contributed by atoms with Crippen molar-refractivity contribution >= 4 is 34.3 Å². The molecule has 1 unspecified atom stereocenters. The van der Waals surface area contributed by atoms with Crippen LogP contribution in [0.3, 0.4) is 0 Å². The van der Waals surface area contributed by atoms with E-state index in [0.717, 1.165) is 42.8 Å². The standard InChI is InChI=1S/C19H24N6O3/c1-24-15-10-12(21-11-17(27)25-8-6-20-7-9-25)2-3-13(15)18(23-24)14-4-5-16(26)22-19(14)28/h2-3,10,14,20-21H,4-9,11H2,1H3,(H,22,26,28). The van der Waals surface area contributed by atoms with Crippen molar-refractivity contribution in [2.75, 3.05) is 38.0 Å². The molecule has 3 heterocycles. The summed E-state index contributed by atoms with van der Waals surface area (Å²) in [7, 11) is 1.83. The molecule has 9 heteroatoms. The number of hydrogen-bond donors (Lipinski definition) is 3. The van der Waals surface area contributed by atoms with Gasteiger partial charge in [-0.05, 0) is 24.6 Å². The van der Waals surface area contributed by atoms with Crippen molar-refractivity contribution in [3.05, 3.63) is 23.9 Å². The SMILES string of the molecule is Cn1nc(C2CCC(=O)NC2=O)c2ccc(NCC(=O)N3CCNCC3)cc21. The fourth-order valence-electron chi connectivity index (χ4n) is 3.81. The highest BCUT2D eigenvalue weighted by molar-refractivity contribution is 6.02. The minimum Gasteiger partial charge on any atom is -0.376 e. The third-order valence-corrected chi connectivity index (χ3v) is 5.36. The van der Waals surface area contributed by atoms with E-state index < -0.39 is 5.92 Å². The van der Waals surface area contributed by atoms with E-state index in [4.69, 9.17) is 0 Å². The molecule has 0 bridgehead atoms. The number of benzene rings is 1. The summed E-state index contributed by atoms with van der Waals surface area (Å²) in [5.74, 6) is -0.868. The van der Waals surface area contributed by atoms with Crippen molar-refractivity contribution in [3.63, 3.8) is 0 Å². The molecule has 2 fully saturated rings. The average molecular weight is 384 g/mol. The number of nitrogens with one attached hydrogen (secondary N) is 3. The first-order chi connectivity index (χ1) is 13.5. The number of imide groups is 1. The molecule has 0 saturated carbocycles. The van der Waals surface area contributed by atoms with E-state index in [-0.39, 0.29) is 24.3 Å². The Morgan fingerprint density at radius 2 is 2.07 bits per heavy atom. The maximum atomic E-state index is 12.3. The van der Waals surface area contributed by atoms with Crippen LogP contribution in [0, 0.1) is 0 Å². The van der Waals surface area contributed by atoms with E-state index >= 15 is 0 Å². The normalized spacial score (nSPS) is 20.3. The first-order valence-corrected chi connectivity index (χ1v) is 9.55. The predicted octanol–water partition coefficient (Wildman–Crippen LogP) is -0.0628. The predicted molar refractivity (Wildman–Crippen MR) is 104 cm³/mol. The summed E-state index contributed by atoms with van der Waals surface area (Å²) >= 11 is 0. The third-order valence-electron chi connectivity index (χ3n) is 5.36. The molecular weight excluding hydrogens is 360 g/mol. The van der Waals surface area contributed by atoms with Gasteiger partial charge >= 0.3 is 0 Å². The maximum absolute atomic E-state index is 12.3. The molecule has 4 rings (SSSR count). The fraction of sp³-hybridized carbons (Fsp3) is 0.474. The second kappa shape index (κ2) is 7.59. The molecule has 3 amide bonds. The van der Waals surface area contributed by atoms with Gasteiger partial charge in [0.1, 0.15) is 0 Å². The lowest BCUT2D eigenvalue weighted by Gasteiger charge is -2.27. The van der Waals surface area contributed by atoms with E-state index in [2.05, 4.69) is 21.0 Å². The van der Waals surface area contributed by atoms with Crippen LogP contribution in [0.2, 0.25) is 0 Å². The molecule has 0 aliphatic carbocycles. The molecule has 3 N–H and O–H groups in total. The highest BCUT2D eigenvalue weighted by Crippen LogP contribution is 2.31. The largest absolute Gasteiger partial charge is 0.376 e. The highest BCUT2D eigenvalue weighted by atomic mass is 16.2. The number of carbonyl (C=O) groups excluding carboxylic acids is 3. The smallest absolute Gasteiger partial charge is 0.241 e. The van der Waals surface area contributed by atoms with Gasteiger partial charge in [-0.15, -0.1) is 0 Å². The number of anilines is 1. The van der Waals surface area contributed by atoms with Gasteiger partial charge in [-0.3, -0.25) is 24.4 Å². The summed E-state index contributed by atoms with van der Waals surface area (Å²) in [5, 5.41) is 14.2. The summed E-state index contributed by atoms with van der Waals surface area (Å²) < 4.78 is 1.73. The molecule has 2 saturated heterocycles. The summed E-state index contributed by atoms with van der Waals surface area (Å²) in [5.41, 5.74) is 2.39. The maximum Gasteiger partial charge on any atom is 0.241 e. The topological polar surface area (TPSA) is 108 Å². The Morgan fingerprint density at radius 1 is 1.29 bits per heavy atom. The van der Waals surface area contributed by atoms with Crippen molar-refractivity contribution < 1.29 is 14.4 Å². The molecule has 9 nitrogen and oxygen atoms in total. The molecule has 1 atom stereocenters. The molecule has 2 aliphatic rings. The lowest BCUT2D eigenvalue weighted by molar-refractivity contribution is -0.134. The van der Waals surface area contributed by atoms with Crippen LogP contribution in [-0.4, -0.2) is 65.1 Å². The van der Waals surface area contributed by atoms with E-state index in [1.807, 2.05) is 30.1 Å². The Morgan fingerprint density at radius 3 is 2.82 bits per heavy atom. The van der Waals surface area contributed by atoms with Crippen molar-refractivity contribution in [1.29, 1.82) is 0 Å². The van der Waals surface area contributed by atoms with E-state index in [0.29, 0.717) is 18.5 Å². The first-order valence-electron chi connectivity index (χ1n) is 9.55. The van der Waals surface area contributed by atoms with Gasteiger partial charge in [0.05, 0.1) is 23.7 Å². The number of hydrogen-bond acceptors (Lipinski definition) is 6. The number of amides is 3. The minimum atomic E-state index is -0.422. The van der Waals surface area contributed by atoms with Gasteiger partial charge in [0, 0.05) is 50.7 Å². The summed E-state index contributed by atoms with van der Waals surface area (Å²) in [4.78, 5) is 37.8. The molecule has 2 aromatic rings. The molecular formula is C19H24N6O3. The zero-order valence-electron chi connectivity index (χ0n) is 15.8. The highest BCUT2D eigenvalue weighted by Gasteiger charge is 2.31. The summed E-state index contributed by atoms with van der Waals surface area (Å²) in [6.45, 7) is 3.36. The van der Waals surface area contributed by atoms with Crippen LogP contribution in [-0.2, 0) is 21.4 Å². The van der Waals surface area contributed by atoms with E-state index in [1.54, 1.807) is 4.68 Å². The number of rotatable bonds is 4. The molecule has 0 spiro atoms. The van der Waals surface area contributed by atoms with Crippen molar-refractivity contribution in [3.8, 4) is 0 Å².